The number of morpholine rings is 1. The summed E-state index contributed by atoms with van der Waals surface area (Å²) >= 11 is 0. The van der Waals surface area contributed by atoms with E-state index in [-0.39, 0.29) is 11.5 Å². The highest BCUT2D eigenvalue weighted by Gasteiger charge is 2.53. The van der Waals surface area contributed by atoms with E-state index in [0.29, 0.717) is 25.6 Å². The Balaban J connectivity index is 1.46. The van der Waals surface area contributed by atoms with Crippen LogP contribution in [0.3, 0.4) is 0 Å². The first kappa shape index (κ1) is 15.2. The van der Waals surface area contributed by atoms with E-state index in [4.69, 9.17) is 9.47 Å². The Kier molecular flexibility index (Phi) is 4.23. The van der Waals surface area contributed by atoms with Crippen molar-refractivity contribution in [3.05, 3.63) is 0 Å². The molecule has 3 heterocycles. The Morgan fingerprint density at radius 2 is 2.24 bits per heavy atom. The van der Waals surface area contributed by atoms with E-state index in [9.17, 15) is 4.79 Å². The summed E-state index contributed by atoms with van der Waals surface area (Å²) in [6.07, 6.45) is 0.984. The number of amides is 1. The van der Waals surface area contributed by atoms with E-state index < -0.39 is 5.60 Å². The number of nitrogens with one attached hydrogen (secondary N) is 2. The van der Waals surface area contributed by atoms with Gasteiger partial charge in [0.05, 0.1) is 12.2 Å². The molecule has 6 nitrogen and oxygen atoms in total. The zero-order valence-electron chi connectivity index (χ0n) is 13.1. The van der Waals surface area contributed by atoms with Gasteiger partial charge >= 0.3 is 0 Å². The van der Waals surface area contributed by atoms with Gasteiger partial charge in [-0.25, -0.2) is 0 Å². The first-order valence-electron chi connectivity index (χ1n) is 8.01. The summed E-state index contributed by atoms with van der Waals surface area (Å²) in [5, 5.41) is 6.36. The van der Waals surface area contributed by atoms with E-state index in [1.54, 1.807) is 0 Å². The van der Waals surface area contributed by atoms with Gasteiger partial charge in [0.1, 0.15) is 0 Å². The topological polar surface area (TPSA) is 62.8 Å². The Morgan fingerprint density at radius 3 is 3.05 bits per heavy atom. The standard InChI is InChI=1S/C15H27N3O3/c1-14(2)11-18(6-8-20-14)5-4-17-13(19)15-10-16-9-12(15)3-7-21-15/h12,16H,3-11H2,1-2H3,(H,17,19)/t12-,15+/m1/s1. The fourth-order valence-corrected chi connectivity index (χ4v) is 3.74. The third-order valence-corrected chi connectivity index (χ3v) is 4.87. The maximum atomic E-state index is 12.5. The van der Waals surface area contributed by atoms with E-state index >= 15 is 0 Å². The number of fused-ring (bicyclic) bond motifs is 1. The highest BCUT2D eigenvalue weighted by atomic mass is 16.5. The molecule has 3 rings (SSSR count). The lowest BCUT2D eigenvalue weighted by Crippen LogP contribution is -2.54. The molecular formula is C15H27N3O3. The molecule has 0 bridgehead atoms. The van der Waals surface area contributed by atoms with Crippen molar-refractivity contribution in [1.29, 1.82) is 0 Å². The molecule has 1 amide bonds. The van der Waals surface area contributed by atoms with Crippen LogP contribution in [0, 0.1) is 5.92 Å². The fourth-order valence-electron chi connectivity index (χ4n) is 3.74. The predicted molar refractivity (Wildman–Crippen MR) is 79.1 cm³/mol. The normalized spacial score (nSPS) is 35.6. The van der Waals surface area contributed by atoms with Gasteiger partial charge in [0.15, 0.2) is 5.60 Å². The molecule has 3 aliphatic rings. The third-order valence-electron chi connectivity index (χ3n) is 4.87. The number of rotatable bonds is 4. The largest absolute Gasteiger partial charge is 0.373 e. The second-order valence-electron chi connectivity index (χ2n) is 6.99. The van der Waals surface area contributed by atoms with Crippen molar-refractivity contribution < 1.29 is 14.3 Å². The monoisotopic (exact) mass is 297 g/mol. The predicted octanol–water partition coefficient (Wildman–Crippen LogP) is -0.408. The van der Waals surface area contributed by atoms with Gasteiger partial charge in [0.25, 0.3) is 5.91 Å². The summed E-state index contributed by atoms with van der Waals surface area (Å²) in [6, 6.07) is 0. The van der Waals surface area contributed by atoms with E-state index in [2.05, 4.69) is 29.4 Å². The number of carbonyl (C=O) groups is 1. The Hall–Kier alpha value is -0.690. The lowest BCUT2D eigenvalue weighted by Gasteiger charge is -2.38. The van der Waals surface area contributed by atoms with Crippen LogP contribution in [0.4, 0.5) is 0 Å². The molecular weight excluding hydrogens is 270 g/mol. The quantitative estimate of drug-likeness (QED) is 0.739. The maximum absolute atomic E-state index is 12.5. The van der Waals surface area contributed by atoms with Crippen molar-refractivity contribution in [3.63, 3.8) is 0 Å². The second-order valence-corrected chi connectivity index (χ2v) is 6.99. The molecule has 3 fully saturated rings. The van der Waals surface area contributed by atoms with Gasteiger partial charge < -0.3 is 20.1 Å². The summed E-state index contributed by atoms with van der Waals surface area (Å²) in [5.41, 5.74) is -0.694. The number of carbonyl (C=O) groups excluding carboxylic acids is 1. The van der Waals surface area contributed by atoms with Gasteiger partial charge in [-0.1, -0.05) is 0 Å². The van der Waals surface area contributed by atoms with Gasteiger partial charge in [0.2, 0.25) is 0 Å². The molecule has 0 unspecified atom stereocenters. The van der Waals surface area contributed by atoms with Crippen LogP contribution in [0.25, 0.3) is 0 Å². The first-order chi connectivity index (χ1) is 10.0. The second kappa shape index (κ2) is 5.83. The number of nitrogens with zero attached hydrogens (tertiary/aromatic N) is 1. The highest BCUT2D eigenvalue weighted by Crippen LogP contribution is 2.35. The Morgan fingerprint density at radius 1 is 1.38 bits per heavy atom. The molecule has 21 heavy (non-hydrogen) atoms. The van der Waals surface area contributed by atoms with Crippen LogP contribution in [-0.2, 0) is 14.3 Å². The van der Waals surface area contributed by atoms with Crippen molar-refractivity contribution in [3.8, 4) is 0 Å². The minimum absolute atomic E-state index is 0.0579. The van der Waals surface area contributed by atoms with Crippen molar-refractivity contribution >= 4 is 5.91 Å². The Labute approximate surface area is 126 Å². The molecule has 0 aromatic rings. The maximum Gasteiger partial charge on any atom is 0.253 e. The van der Waals surface area contributed by atoms with Crippen molar-refractivity contribution in [1.82, 2.24) is 15.5 Å². The van der Waals surface area contributed by atoms with Crippen molar-refractivity contribution in [2.75, 3.05) is 52.5 Å². The zero-order valence-corrected chi connectivity index (χ0v) is 13.1. The fraction of sp³-hybridized carbons (Fsp3) is 0.933. The van der Waals surface area contributed by atoms with Crippen LogP contribution >= 0.6 is 0 Å². The average molecular weight is 297 g/mol. The van der Waals surface area contributed by atoms with Crippen LogP contribution in [0.15, 0.2) is 0 Å². The van der Waals surface area contributed by atoms with Gasteiger partial charge in [0, 0.05) is 51.8 Å². The van der Waals surface area contributed by atoms with E-state index in [0.717, 1.165) is 39.2 Å². The minimum Gasteiger partial charge on any atom is -0.373 e. The lowest BCUT2D eigenvalue weighted by molar-refractivity contribution is -0.141. The van der Waals surface area contributed by atoms with E-state index in [1.807, 2.05) is 0 Å². The molecule has 0 aliphatic carbocycles. The molecule has 2 atom stereocenters. The summed E-state index contributed by atoms with van der Waals surface area (Å²) in [4.78, 5) is 14.8. The molecule has 0 saturated carbocycles. The summed E-state index contributed by atoms with van der Waals surface area (Å²) in [5.74, 6) is 0.391. The molecule has 3 aliphatic heterocycles. The van der Waals surface area contributed by atoms with Gasteiger partial charge in [-0.3, -0.25) is 9.69 Å². The number of hydrogen-bond acceptors (Lipinski definition) is 5. The first-order valence-corrected chi connectivity index (χ1v) is 8.01. The molecule has 120 valence electrons. The molecule has 3 saturated heterocycles. The summed E-state index contributed by atoms with van der Waals surface area (Å²) in [6.45, 7) is 10.6. The van der Waals surface area contributed by atoms with Crippen LogP contribution in [0.2, 0.25) is 0 Å². The SMILES string of the molecule is CC1(C)CN(CCNC(=O)[C@]23CNC[C@H]2CCO3)CCO1. The third kappa shape index (κ3) is 3.08. The summed E-state index contributed by atoms with van der Waals surface area (Å²) in [7, 11) is 0. The molecule has 6 heteroatoms. The smallest absolute Gasteiger partial charge is 0.253 e. The van der Waals surface area contributed by atoms with Crippen molar-refractivity contribution in [2.45, 2.75) is 31.5 Å². The molecule has 2 N–H and O–H groups in total. The zero-order chi connectivity index (χ0) is 14.9. The van der Waals surface area contributed by atoms with Crippen LogP contribution in [-0.4, -0.2) is 74.5 Å². The number of ether oxygens (including phenoxy) is 2. The average Bonchev–Trinajstić information content (AvgIpc) is 2.97. The highest BCUT2D eigenvalue weighted by molar-refractivity contribution is 5.86. The van der Waals surface area contributed by atoms with Gasteiger partial charge in [-0.2, -0.15) is 0 Å². The van der Waals surface area contributed by atoms with Gasteiger partial charge in [-0.05, 0) is 20.3 Å². The summed E-state index contributed by atoms with van der Waals surface area (Å²) < 4.78 is 11.5. The number of hydrogen-bond donors (Lipinski definition) is 2. The molecule has 0 aromatic heterocycles. The molecule has 0 spiro atoms. The van der Waals surface area contributed by atoms with Crippen molar-refractivity contribution in [2.24, 2.45) is 5.92 Å². The van der Waals surface area contributed by atoms with Gasteiger partial charge in [-0.15, -0.1) is 0 Å². The lowest BCUT2D eigenvalue weighted by atomic mass is 9.90. The minimum atomic E-state index is -0.607. The van der Waals surface area contributed by atoms with Crippen LogP contribution in [0.1, 0.15) is 20.3 Å². The van der Waals surface area contributed by atoms with Crippen LogP contribution in [0.5, 0.6) is 0 Å². The molecule has 0 aromatic carbocycles. The Bertz CT molecular complexity index is 390. The molecule has 0 radical (unpaired) electrons. The van der Waals surface area contributed by atoms with Crippen LogP contribution < -0.4 is 10.6 Å². The van der Waals surface area contributed by atoms with E-state index in [1.165, 1.54) is 0 Å².